The Morgan fingerprint density at radius 3 is 2.76 bits per heavy atom. The lowest BCUT2D eigenvalue weighted by molar-refractivity contribution is 0.0910. The van der Waals surface area contributed by atoms with Gasteiger partial charge in [-0.1, -0.05) is 41.0 Å². The maximum Gasteiger partial charge on any atom is 0.316 e. The number of amides is 1. The summed E-state index contributed by atoms with van der Waals surface area (Å²) in [6.07, 6.45) is 2.06. The van der Waals surface area contributed by atoms with E-state index in [0.29, 0.717) is 28.9 Å². The van der Waals surface area contributed by atoms with E-state index in [-0.39, 0.29) is 23.8 Å². The first-order valence-electron chi connectivity index (χ1n) is 8.89. The van der Waals surface area contributed by atoms with Crippen molar-refractivity contribution in [3.05, 3.63) is 87.5 Å². The van der Waals surface area contributed by atoms with Gasteiger partial charge in [0.15, 0.2) is 5.82 Å². The van der Waals surface area contributed by atoms with Crippen molar-refractivity contribution in [3.63, 3.8) is 0 Å². The van der Waals surface area contributed by atoms with E-state index in [2.05, 4.69) is 20.4 Å². The molecule has 8 nitrogen and oxygen atoms in total. The molecule has 0 saturated heterocycles. The molecule has 0 aliphatic heterocycles. The van der Waals surface area contributed by atoms with E-state index < -0.39 is 5.91 Å². The summed E-state index contributed by atoms with van der Waals surface area (Å²) in [5, 5.41) is 7.67. The predicted molar refractivity (Wildman–Crippen MR) is 107 cm³/mol. The molecule has 29 heavy (non-hydrogen) atoms. The molecule has 0 radical (unpaired) electrons. The second kappa shape index (κ2) is 8.24. The minimum Gasteiger partial charge on any atom is -0.347 e. The Labute approximate surface area is 170 Å². The molecule has 0 aliphatic rings. The van der Waals surface area contributed by atoms with E-state index >= 15 is 0 Å². The highest BCUT2D eigenvalue weighted by Crippen LogP contribution is 2.10. The number of rotatable bonds is 6. The number of para-hydroxylation sites is 1. The third-order valence-electron chi connectivity index (χ3n) is 4.32. The van der Waals surface area contributed by atoms with Crippen LogP contribution in [0.1, 0.15) is 22.1 Å². The summed E-state index contributed by atoms with van der Waals surface area (Å²) in [5.74, 6) is -0.411. The maximum absolute atomic E-state index is 12.5. The summed E-state index contributed by atoms with van der Waals surface area (Å²) in [7, 11) is 0. The van der Waals surface area contributed by atoms with Gasteiger partial charge in [-0.2, -0.15) is 4.98 Å². The van der Waals surface area contributed by atoms with E-state index in [4.69, 9.17) is 16.1 Å². The lowest BCUT2D eigenvalue weighted by Gasteiger charge is -2.03. The fraction of sp³-hybridized carbons (Fsp3) is 0.150. The average molecular weight is 410 g/mol. The molecule has 2 aromatic carbocycles. The highest BCUT2D eigenvalue weighted by atomic mass is 35.5. The van der Waals surface area contributed by atoms with Crippen LogP contribution in [0.4, 0.5) is 0 Å². The SMILES string of the molecule is O=C(NCCc1ccc(Cl)cc1)c1nc(Cn2cnc3ccccc3c2=O)no1. The first-order chi connectivity index (χ1) is 14.1. The number of carbonyl (C=O) groups is 1. The van der Waals surface area contributed by atoms with Crippen LogP contribution in [-0.2, 0) is 13.0 Å². The molecular weight excluding hydrogens is 394 g/mol. The van der Waals surface area contributed by atoms with Gasteiger partial charge in [0.25, 0.3) is 5.56 Å². The van der Waals surface area contributed by atoms with Gasteiger partial charge in [-0.3, -0.25) is 14.2 Å². The Balaban J connectivity index is 1.39. The van der Waals surface area contributed by atoms with E-state index in [1.807, 2.05) is 18.2 Å². The summed E-state index contributed by atoms with van der Waals surface area (Å²) >= 11 is 5.85. The van der Waals surface area contributed by atoms with Crippen LogP contribution >= 0.6 is 11.6 Å². The van der Waals surface area contributed by atoms with Gasteiger partial charge in [0.1, 0.15) is 0 Å². The Kier molecular flexibility index (Phi) is 5.35. The van der Waals surface area contributed by atoms with Crippen molar-refractivity contribution in [1.29, 1.82) is 0 Å². The van der Waals surface area contributed by atoms with Gasteiger partial charge >= 0.3 is 11.8 Å². The minimum atomic E-state index is -0.471. The minimum absolute atomic E-state index is 0.0538. The zero-order valence-electron chi connectivity index (χ0n) is 15.2. The van der Waals surface area contributed by atoms with Crippen LogP contribution in [0.15, 0.2) is 64.2 Å². The smallest absolute Gasteiger partial charge is 0.316 e. The molecule has 0 aliphatic carbocycles. The molecule has 4 aromatic rings. The van der Waals surface area contributed by atoms with Gasteiger partial charge in [-0.25, -0.2) is 4.98 Å². The van der Waals surface area contributed by atoms with Crippen molar-refractivity contribution < 1.29 is 9.32 Å². The number of benzene rings is 2. The van der Waals surface area contributed by atoms with Gasteiger partial charge in [0.05, 0.1) is 23.8 Å². The quantitative estimate of drug-likeness (QED) is 0.524. The molecule has 1 N–H and O–H groups in total. The van der Waals surface area contributed by atoms with Crippen LogP contribution in [0.5, 0.6) is 0 Å². The normalized spacial score (nSPS) is 10.9. The third kappa shape index (κ3) is 4.33. The predicted octanol–water partition coefficient (Wildman–Crippen LogP) is 2.45. The van der Waals surface area contributed by atoms with Crippen molar-refractivity contribution in [2.24, 2.45) is 0 Å². The number of fused-ring (bicyclic) bond motifs is 1. The summed E-state index contributed by atoms with van der Waals surface area (Å²) < 4.78 is 6.39. The zero-order valence-corrected chi connectivity index (χ0v) is 16.0. The Hall–Kier alpha value is -3.52. The molecule has 2 aromatic heterocycles. The fourth-order valence-electron chi connectivity index (χ4n) is 2.83. The highest BCUT2D eigenvalue weighted by molar-refractivity contribution is 6.30. The van der Waals surface area contributed by atoms with E-state index in [1.165, 1.54) is 10.9 Å². The van der Waals surface area contributed by atoms with Gasteiger partial charge < -0.3 is 9.84 Å². The van der Waals surface area contributed by atoms with Crippen LogP contribution in [0, 0.1) is 0 Å². The van der Waals surface area contributed by atoms with Crippen LogP contribution in [-0.4, -0.2) is 32.1 Å². The van der Waals surface area contributed by atoms with E-state index in [9.17, 15) is 9.59 Å². The van der Waals surface area contributed by atoms with E-state index in [0.717, 1.165) is 5.56 Å². The highest BCUT2D eigenvalue weighted by Gasteiger charge is 2.15. The lowest BCUT2D eigenvalue weighted by atomic mass is 10.1. The second-order valence-corrected chi connectivity index (χ2v) is 6.78. The number of nitrogens with one attached hydrogen (secondary N) is 1. The van der Waals surface area contributed by atoms with Gasteiger partial charge in [0.2, 0.25) is 0 Å². The number of halogens is 1. The van der Waals surface area contributed by atoms with Crippen molar-refractivity contribution in [2.75, 3.05) is 6.54 Å². The van der Waals surface area contributed by atoms with E-state index in [1.54, 1.807) is 30.3 Å². The first-order valence-corrected chi connectivity index (χ1v) is 9.27. The molecule has 0 spiro atoms. The van der Waals surface area contributed by atoms with Gasteiger partial charge in [-0.15, -0.1) is 0 Å². The molecular formula is C20H16ClN5O3. The van der Waals surface area contributed by atoms with Crippen LogP contribution in [0.2, 0.25) is 5.02 Å². The standard InChI is InChI=1S/C20H16ClN5O3/c21-14-7-5-13(6-8-14)9-10-22-18(27)19-24-17(25-29-19)11-26-12-23-16-4-2-1-3-15(16)20(26)28/h1-8,12H,9-11H2,(H,22,27). The maximum atomic E-state index is 12.5. The molecule has 0 unspecified atom stereocenters. The van der Waals surface area contributed by atoms with Crippen molar-refractivity contribution in [3.8, 4) is 0 Å². The van der Waals surface area contributed by atoms with Gasteiger partial charge in [0, 0.05) is 11.6 Å². The van der Waals surface area contributed by atoms with Crippen molar-refractivity contribution in [2.45, 2.75) is 13.0 Å². The van der Waals surface area contributed by atoms with Gasteiger partial charge in [-0.05, 0) is 36.2 Å². The number of nitrogens with zero attached hydrogens (tertiary/aromatic N) is 4. The first kappa shape index (κ1) is 18.8. The molecule has 1 amide bonds. The molecule has 0 atom stereocenters. The lowest BCUT2D eigenvalue weighted by Crippen LogP contribution is -2.26. The summed E-state index contributed by atoms with van der Waals surface area (Å²) in [4.78, 5) is 33.0. The molecule has 146 valence electrons. The Morgan fingerprint density at radius 1 is 1.14 bits per heavy atom. The van der Waals surface area contributed by atoms with Crippen molar-refractivity contribution in [1.82, 2.24) is 25.0 Å². The number of carbonyl (C=O) groups excluding carboxylic acids is 1. The summed E-state index contributed by atoms with van der Waals surface area (Å²) in [6, 6.07) is 14.5. The van der Waals surface area contributed by atoms with Crippen LogP contribution in [0.3, 0.4) is 0 Å². The topological polar surface area (TPSA) is 103 Å². The molecule has 0 fully saturated rings. The molecule has 0 bridgehead atoms. The Morgan fingerprint density at radius 2 is 1.93 bits per heavy atom. The second-order valence-electron chi connectivity index (χ2n) is 6.34. The van der Waals surface area contributed by atoms with Crippen molar-refractivity contribution >= 4 is 28.4 Å². The largest absolute Gasteiger partial charge is 0.347 e. The number of hydrogen-bond acceptors (Lipinski definition) is 6. The monoisotopic (exact) mass is 409 g/mol. The molecule has 9 heteroatoms. The zero-order chi connectivity index (χ0) is 20.2. The van der Waals surface area contributed by atoms with Crippen LogP contribution in [0.25, 0.3) is 10.9 Å². The molecule has 0 saturated carbocycles. The summed E-state index contributed by atoms with van der Waals surface area (Å²) in [5.41, 5.74) is 1.45. The summed E-state index contributed by atoms with van der Waals surface area (Å²) in [6.45, 7) is 0.463. The van der Waals surface area contributed by atoms with Crippen LogP contribution < -0.4 is 10.9 Å². The average Bonchev–Trinajstić information content (AvgIpc) is 3.20. The molecule has 4 rings (SSSR count). The number of hydrogen-bond donors (Lipinski definition) is 1. The fourth-order valence-corrected chi connectivity index (χ4v) is 2.95. The molecule has 2 heterocycles. The third-order valence-corrected chi connectivity index (χ3v) is 4.57. The Bertz CT molecular complexity index is 1220. The number of aromatic nitrogens is 4.